The summed E-state index contributed by atoms with van der Waals surface area (Å²) < 4.78 is 0. The lowest BCUT2D eigenvalue weighted by Crippen LogP contribution is -2.43. The molecule has 1 aliphatic rings. The topological polar surface area (TPSA) is 45.2 Å². The van der Waals surface area contributed by atoms with Crippen molar-refractivity contribution in [3.05, 3.63) is 16.6 Å². The quantitative estimate of drug-likeness (QED) is 0.815. The van der Waals surface area contributed by atoms with E-state index in [1.54, 1.807) is 11.7 Å². The van der Waals surface area contributed by atoms with E-state index in [4.69, 9.17) is 0 Å². The molecule has 0 radical (unpaired) electrons. The summed E-state index contributed by atoms with van der Waals surface area (Å²) in [6.45, 7) is 2.13. The van der Waals surface area contributed by atoms with Crippen LogP contribution in [0.25, 0.3) is 0 Å². The van der Waals surface area contributed by atoms with Gasteiger partial charge in [0.05, 0.1) is 11.7 Å². The van der Waals surface area contributed by atoms with Gasteiger partial charge in [0.15, 0.2) is 0 Å². The zero-order valence-electron chi connectivity index (χ0n) is 8.77. The second-order valence-corrected chi connectivity index (χ2v) is 4.80. The van der Waals surface area contributed by atoms with E-state index >= 15 is 0 Å². The minimum absolute atomic E-state index is 0.0204. The summed E-state index contributed by atoms with van der Waals surface area (Å²) in [6, 6.07) is 0.329. The van der Waals surface area contributed by atoms with Gasteiger partial charge >= 0.3 is 0 Å². The van der Waals surface area contributed by atoms with Gasteiger partial charge in [-0.2, -0.15) is 0 Å². The van der Waals surface area contributed by atoms with Gasteiger partial charge < -0.3 is 10.2 Å². The second-order valence-electron chi connectivity index (χ2n) is 3.92. The van der Waals surface area contributed by atoms with Crippen molar-refractivity contribution in [2.75, 3.05) is 20.1 Å². The van der Waals surface area contributed by atoms with Crippen molar-refractivity contribution in [2.45, 2.75) is 18.9 Å². The average molecular weight is 225 g/mol. The Balaban J connectivity index is 1.85. The second kappa shape index (κ2) is 4.72. The molecule has 2 heterocycles. The van der Waals surface area contributed by atoms with Crippen LogP contribution in [0, 0.1) is 0 Å². The van der Waals surface area contributed by atoms with Crippen molar-refractivity contribution >= 4 is 17.2 Å². The van der Waals surface area contributed by atoms with Gasteiger partial charge in [-0.25, -0.2) is 0 Å². The molecule has 1 N–H and O–H groups in total. The van der Waals surface area contributed by atoms with E-state index < -0.39 is 0 Å². The van der Waals surface area contributed by atoms with Gasteiger partial charge in [-0.05, 0) is 33.0 Å². The van der Waals surface area contributed by atoms with Crippen LogP contribution in [-0.4, -0.2) is 42.0 Å². The third-order valence-corrected chi connectivity index (χ3v) is 3.48. The summed E-state index contributed by atoms with van der Waals surface area (Å²) in [5.74, 6) is 0.0204. The summed E-state index contributed by atoms with van der Waals surface area (Å²) in [7, 11) is 2.11. The zero-order valence-corrected chi connectivity index (χ0v) is 9.59. The van der Waals surface area contributed by atoms with Gasteiger partial charge in [0.1, 0.15) is 4.88 Å². The lowest BCUT2D eigenvalue weighted by atomic mass is 10.1. The van der Waals surface area contributed by atoms with E-state index in [0.29, 0.717) is 10.9 Å². The van der Waals surface area contributed by atoms with Gasteiger partial charge in [-0.15, -0.1) is 11.3 Å². The molecule has 4 nitrogen and oxygen atoms in total. The number of thiazole rings is 1. The van der Waals surface area contributed by atoms with E-state index in [0.717, 1.165) is 25.9 Å². The van der Waals surface area contributed by atoms with E-state index in [2.05, 4.69) is 22.2 Å². The van der Waals surface area contributed by atoms with Gasteiger partial charge in [-0.1, -0.05) is 0 Å². The van der Waals surface area contributed by atoms with Crippen LogP contribution in [-0.2, 0) is 0 Å². The van der Waals surface area contributed by atoms with Crippen LogP contribution in [0.3, 0.4) is 0 Å². The lowest BCUT2D eigenvalue weighted by molar-refractivity contribution is 0.0921. The smallest absolute Gasteiger partial charge is 0.263 e. The number of likely N-dealkylation sites (tertiary alicyclic amines) is 1. The number of nitrogens with one attached hydrogen (secondary N) is 1. The molecular formula is C10H15N3OS. The molecule has 1 fully saturated rings. The molecule has 1 amide bonds. The summed E-state index contributed by atoms with van der Waals surface area (Å²) in [5, 5.41) is 3.05. The molecule has 1 saturated heterocycles. The first-order valence-corrected chi connectivity index (χ1v) is 6.01. The molecule has 0 unspecified atom stereocenters. The molecule has 0 atom stereocenters. The molecular weight excluding hydrogens is 210 g/mol. The summed E-state index contributed by atoms with van der Waals surface area (Å²) >= 11 is 1.39. The molecule has 0 spiro atoms. The van der Waals surface area contributed by atoms with E-state index in [1.165, 1.54) is 11.3 Å². The Hall–Kier alpha value is -0.940. The Morgan fingerprint density at radius 3 is 2.93 bits per heavy atom. The number of piperidine rings is 1. The molecule has 2 rings (SSSR count). The van der Waals surface area contributed by atoms with Crippen molar-refractivity contribution in [3.63, 3.8) is 0 Å². The number of carbonyl (C=O) groups is 1. The van der Waals surface area contributed by atoms with Crippen LogP contribution in [0.2, 0.25) is 0 Å². The first-order chi connectivity index (χ1) is 7.25. The third kappa shape index (κ3) is 2.76. The molecule has 0 bridgehead atoms. The number of carbonyl (C=O) groups excluding carboxylic acids is 1. The van der Waals surface area contributed by atoms with E-state index in [9.17, 15) is 4.79 Å². The Kier molecular flexibility index (Phi) is 3.33. The highest BCUT2D eigenvalue weighted by Gasteiger charge is 2.19. The van der Waals surface area contributed by atoms with Gasteiger partial charge in [0.25, 0.3) is 5.91 Å². The van der Waals surface area contributed by atoms with Gasteiger partial charge in [0.2, 0.25) is 0 Å². The predicted octanol–water partition coefficient (Wildman–Crippen LogP) is 0.967. The van der Waals surface area contributed by atoms with Crippen LogP contribution >= 0.6 is 11.3 Å². The monoisotopic (exact) mass is 225 g/mol. The van der Waals surface area contributed by atoms with Crippen LogP contribution in [0.15, 0.2) is 11.7 Å². The van der Waals surface area contributed by atoms with Crippen molar-refractivity contribution in [1.82, 2.24) is 15.2 Å². The van der Waals surface area contributed by atoms with Crippen molar-refractivity contribution < 1.29 is 4.79 Å². The minimum Gasteiger partial charge on any atom is -0.348 e. The summed E-state index contributed by atoms with van der Waals surface area (Å²) in [5.41, 5.74) is 1.68. The Morgan fingerprint density at radius 2 is 2.33 bits per heavy atom. The zero-order chi connectivity index (χ0) is 10.7. The van der Waals surface area contributed by atoms with Crippen LogP contribution in [0.5, 0.6) is 0 Å². The minimum atomic E-state index is 0.0204. The van der Waals surface area contributed by atoms with Gasteiger partial charge in [0, 0.05) is 6.04 Å². The number of hydrogen-bond acceptors (Lipinski definition) is 4. The largest absolute Gasteiger partial charge is 0.348 e. The SMILES string of the molecule is CN1CCC(NC(=O)c2cncs2)CC1. The normalized spacial score (nSPS) is 19.0. The van der Waals surface area contributed by atoms with E-state index in [-0.39, 0.29) is 5.91 Å². The summed E-state index contributed by atoms with van der Waals surface area (Å²) in [6.07, 6.45) is 3.71. The summed E-state index contributed by atoms with van der Waals surface area (Å²) in [4.78, 5) is 18.6. The highest BCUT2D eigenvalue weighted by molar-refractivity contribution is 7.11. The molecule has 1 aromatic heterocycles. The average Bonchev–Trinajstić information content (AvgIpc) is 2.74. The first-order valence-electron chi connectivity index (χ1n) is 5.13. The lowest BCUT2D eigenvalue weighted by Gasteiger charge is -2.29. The van der Waals surface area contributed by atoms with Crippen molar-refractivity contribution in [3.8, 4) is 0 Å². The van der Waals surface area contributed by atoms with Crippen LogP contribution in [0.1, 0.15) is 22.5 Å². The maximum Gasteiger partial charge on any atom is 0.263 e. The van der Waals surface area contributed by atoms with Crippen LogP contribution < -0.4 is 5.32 Å². The number of amides is 1. The van der Waals surface area contributed by atoms with Crippen LogP contribution in [0.4, 0.5) is 0 Å². The number of nitrogens with zero attached hydrogens (tertiary/aromatic N) is 2. The molecule has 15 heavy (non-hydrogen) atoms. The Morgan fingerprint density at radius 1 is 1.60 bits per heavy atom. The maximum atomic E-state index is 11.7. The fraction of sp³-hybridized carbons (Fsp3) is 0.600. The highest BCUT2D eigenvalue weighted by atomic mass is 32.1. The standard InChI is InChI=1S/C10H15N3OS/c1-13-4-2-8(3-5-13)12-10(14)9-6-11-7-15-9/h6-8H,2-5H2,1H3,(H,12,14). The third-order valence-electron chi connectivity index (χ3n) is 2.71. The molecule has 1 aromatic rings. The first kappa shape index (κ1) is 10.6. The molecule has 82 valence electrons. The molecule has 1 aliphatic heterocycles. The fourth-order valence-electron chi connectivity index (χ4n) is 1.74. The van der Waals surface area contributed by atoms with Gasteiger partial charge in [-0.3, -0.25) is 9.78 Å². The molecule has 5 heteroatoms. The predicted molar refractivity (Wildman–Crippen MR) is 60.1 cm³/mol. The highest BCUT2D eigenvalue weighted by Crippen LogP contribution is 2.11. The molecule has 0 aliphatic carbocycles. The number of aromatic nitrogens is 1. The van der Waals surface area contributed by atoms with E-state index in [1.807, 2.05) is 0 Å². The molecule has 0 saturated carbocycles. The Bertz CT molecular complexity index is 317. The maximum absolute atomic E-state index is 11.7. The van der Waals surface area contributed by atoms with Crippen molar-refractivity contribution in [1.29, 1.82) is 0 Å². The van der Waals surface area contributed by atoms with Crippen molar-refractivity contribution in [2.24, 2.45) is 0 Å². The molecule has 0 aromatic carbocycles. The number of rotatable bonds is 2. The Labute approximate surface area is 93.3 Å². The number of hydrogen-bond donors (Lipinski definition) is 1. The fourth-order valence-corrected chi connectivity index (χ4v) is 2.26.